The SMILES string of the molecule is O=c1c2ccccc2c(C2CC2)c(-c2ccccc2)n1-c1cccc2cccnc12. The van der Waals surface area contributed by atoms with Crippen molar-refractivity contribution in [2.45, 2.75) is 18.8 Å². The van der Waals surface area contributed by atoms with Crippen molar-refractivity contribution in [3.8, 4) is 16.9 Å². The van der Waals surface area contributed by atoms with Crippen LogP contribution in [-0.2, 0) is 0 Å². The topological polar surface area (TPSA) is 34.9 Å². The molecule has 0 N–H and O–H groups in total. The van der Waals surface area contributed by atoms with Gasteiger partial charge in [-0.3, -0.25) is 14.3 Å². The molecule has 0 bridgehead atoms. The van der Waals surface area contributed by atoms with Crippen LogP contribution in [-0.4, -0.2) is 9.55 Å². The second-order valence-corrected chi connectivity index (χ2v) is 7.94. The molecule has 0 aliphatic heterocycles. The van der Waals surface area contributed by atoms with Gasteiger partial charge in [0.15, 0.2) is 0 Å². The van der Waals surface area contributed by atoms with Crippen molar-refractivity contribution < 1.29 is 0 Å². The fraction of sp³-hybridized carbons (Fsp3) is 0.111. The predicted octanol–water partition coefficient (Wildman–Crippen LogP) is 6.08. The summed E-state index contributed by atoms with van der Waals surface area (Å²) in [4.78, 5) is 18.5. The predicted molar refractivity (Wildman–Crippen MR) is 122 cm³/mol. The van der Waals surface area contributed by atoms with Crippen LogP contribution in [0.4, 0.5) is 0 Å². The molecule has 0 atom stereocenters. The Morgan fingerprint density at radius 3 is 2.30 bits per heavy atom. The number of hydrogen-bond donors (Lipinski definition) is 0. The molecule has 3 aromatic carbocycles. The highest BCUT2D eigenvalue weighted by Crippen LogP contribution is 2.47. The summed E-state index contributed by atoms with van der Waals surface area (Å²) in [6, 6.07) is 28.4. The van der Waals surface area contributed by atoms with Crippen LogP contribution in [0.25, 0.3) is 38.6 Å². The van der Waals surface area contributed by atoms with Gasteiger partial charge in [0.2, 0.25) is 0 Å². The molecule has 6 rings (SSSR count). The molecule has 0 spiro atoms. The third-order valence-electron chi connectivity index (χ3n) is 6.01. The van der Waals surface area contributed by atoms with Gasteiger partial charge in [0.1, 0.15) is 0 Å². The van der Waals surface area contributed by atoms with Crippen LogP contribution >= 0.6 is 0 Å². The number of fused-ring (bicyclic) bond motifs is 2. The Morgan fingerprint density at radius 1 is 0.767 bits per heavy atom. The molecule has 5 aromatic rings. The first-order valence-electron chi connectivity index (χ1n) is 10.4. The zero-order valence-electron chi connectivity index (χ0n) is 16.5. The Kier molecular flexibility index (Phi) is 3.81. The second-order valence-electron chi connectivity index (χ2n) is 7.94. The lowest BCUT2D eigenvalue weighted by molar-refractivity contribution is 0.985. The summed E-state index contributed by atoms with van der Waals surface area (Å²) < 4.78 is 1.90. The van der Waals surface area contributed by atoms with E-state index in [0.717, 1.165) is 51.5 Å². The monoisotopic (exact) mass is 388 g/mol. The third kappa shape index (κ3) is 2.59. The minimum atomic E-state index is 0.00649. The molecule has 1 saturated carbocycles. The molecule has 2 heterocycles. The van der Waals surface area contributed by atoms with Crippen LogP contribution in [0.5, 0.6) is 0 Å². The molecule has 1 aliphatic carbocycles. The zero-order valence-corrected chi connectivity index (χ0v) is 16.5. The number of aromatic nitrogens is 2. The van der Waals surface area contributed by atoms with Gasteiger partial charge in [0.05, 0.1) is 16.9 Å². The van der Waals surface area contributed by atoms with Gasteiger partial charge in [-0.15, -0.1) is 0 Å². The lowest BCUT2D eigenvalue weighted by Crippen LogP contribution is -2.22. The fourth-order valence-electron chi connectivity index (χ4n) is 4.54. The average molecular weight is 388 g/mol. The van der Waals surface area contributed by atoms with Crippen LogP contribution in [0.1, 0.15) is 24.3 Å². The molecule has 0 unspecified atom stereocenters. The van der Waals surface area contributed by atoms with Crippen LogP contribution in [0.2, 0.25) is 0 Å². The molecule has 144 valence electrons. The quantitative estimate of drug-likeness (QED) is 0.375. The molecule has 1 aliphatic rings. The van der Waals surface area contributed by atoms with E-state index in [2.05, 4.69) is 23.2 Å². The largest absolute Gasteiger partial charge is 0.274 e. The second kappa shape index (κ2) is 6.67. The van der Waals surface area contributed by atoms with Crippen molar-refractivity contribution in [2.24, 2.45) is 0 Å². The Morgan fingerprint density at radius 2 is 1.50 bits per heavy atom. The third-order valence-corrected chi connectivity index (χ3v) is 6.01. The van der Waals surface area contributed by atoms with E-state index in [4.69, 9.17) is 0 Å². The summed E-state index contributed by atoms with van der Waals surface area (Å²) in [7, 11) is 0. The minimum absolute atomic E-state index is 0.00649. The van der Waals surface area contributed by atoms with Crippen LogP contribution < -0.4 is 5.56 Å². The average Bonchev–Trinajstić information content (AvgIpc) is 3.64. The molecule has 0 amide bonds. The first-order valence-corrected chi connectivity index (χ1v) is 10.4. The number of hydrogen-bond acceptors (Lipinski definition) is 2. The van der Waals surface area contributed by atoms with Gasteiger partial charge < -0.3 is 0 Å². The van der Waals surface area contributed by atoms with Crippen molar-refractivity contribution in [3.05, 3.63) is 107 Å². The van der Waals surface area contributed by atoms with E-state index in [1.807, 2.05) is 71.3 Å². The Bertz CT molecular complexity index is 1460. The number of benzene rings is 3. The van der Waals surface area contributed by atoms with Crippen LogP contribution in [0.3, 0.4) is 0 Å². The van der Waals surface area contributed by atoms with E-state index in [1.165, 1.54) is 5.56 Å². The number of para-hydroxylation sites is 1. The highest BCUT2D eigenvalue weighted by atomic mass is 16.1. The summed E-state index contributed by atoms with van der Waals surface area (Å²) >= 11 is 0. The van der Waals surface area contributed by atoms with Crippen molar-refractivity contribution in [2.75, 3.05) is 0 Å². The maximum atomic E-state index is 13.9. The molecule has 0 saturated heterocycles. The summed E-state index contributed by atoms with van der Waals surface area (Å²) in [5, 5.41) is 2.88. The number of pyridine rings is 2. The van der Waals surface area contributed by atoms with Crippen LogP contribution in [0, 0.1) is 0 Å². The zero-order chi connectivity index (χ0) is 20.1. The van der Waals surface area contributed by atoms with Gasteiger partial charge in [-0.25, -0.2) is 0 Å². The summed E-state index contributed by atoms with van der Waals surface area (Å²) in [6.45, 7) is 0. The summed E-state index contributed by atoms with van der Waals surface area (Å²) in [5.41, 5.74) is 5.03. The first kappa shape index (κ1) is 17.2. The molecule has 3 nitrogen and oxygen atoms in total. The van der Waals surface area contributed by atoms with E-state index >= 15 is 0 Å². The lowest BCUT2D eigenvalue weighted by Gasteiger charge is -2.21. The highest BCUT2D eigenvalue weighted by Gasteiger charge is 2.31. The Hall–Kier alpha value is -3.72. The van der Waals surface area contributed by atoms with Gasteiger partial charge in [0, 0.05) is 17.0 Å². The number of nitrogens with zero attached hydrogens (tertiary/aromatic N) is 2. The van der Waals surface area contributed by atoms with E-state index in [1.54, 1.807) is 6.20 Å². The van der Waals surface area contributed by atoms with Gasteiger partial charge in [-0.05, 0) is 53.5 Å². The van der Waals surface area contributed by atoms with Crippen LogP contribution in [0.15, 0.2) is 95.9 Å². The van der Waals surface area contributed by atoms with Gasteiger partial charge >= 0.3 is 0 Å². The molecule has 3 heteroatoms. The van der Waals surface area contributed by atoms with Gasteiger partial charge in [-0.1, -0.05) is 66.7 Å². The normalized spacial score (nSPS) is 13.7. The maximum absolute atomic E-state index is 13.9. The van der Waals surface area contributed by atoms with Crippen molar-refractivity contribution in [3.63, 3.8) is 0 Å². The van der Waals surface area contributed by atoms with E-state index < -0.39 is 0 Å². The van der Waals surface area contributed by atoms with Crippen molar-refractivity contribution >= 4 is 21.7 Å². The summed E-state index contributed by atoms with van der Waals surface area (Å²) in [5.74, 6) is 0.486. The molecule has 30 heavy (non-hydrogen) atoms. The minimum Gasteiger partial charge on any atom is -0.274 e. The smallest absolute Gasteiger partial charge is 0.263 e. The van der Waals surface area contributed by atoms with Crippen molar-refractivity contribution in [1.29, 1.82) is 0 Å². The first-order chi connectivity index (χ1) is 14.8. The summed E-state index contributed by atoms with van der Waals surface area (Å²) in [6.07, 6.45) is 4.12. The van der Waals surface area contributed by atoms with Crippen molar-refractivity contribution in [1.82, 2.24) is 9.55 Å². The lowest BCUT2D eigenvalue weighted by atomic mass is 9.95. The maximum Gasteiger partial charge on any atom is 0.263 e. The highest BCUT2D eigenvalue weighted by molar-refractivity contribution is 5.94. The van der Waals surface area contributed by atoms with E-state index in [0.29, 0.717) is 5.92 Å². The standard InChI is InChI=1S/C27H20N2O/c30-27-22-13-5-4-12-21(22)24(18-15-16-18)26(20-8-2-1-3-9-20)29(27)23-14-6-10-19-11-7-17-28-25(19)23/h1-14,17-18H,15-16H2. The van der Waals surface area contributed by atoms with Gasteiger partial charge in [0.25, 0.3) is 5.56 Å². The molecule has 1 fully saturated rings. The van der Waals surface area contributed by atoms with E-state index in [9.17, 15) is 4.79 Å². The Labute approximate surface area is 174 Å². The molecular formula is C27H20N2O. The Balaban J connectivity index is 1.84. The molecule has 0 radical (unpaired) electrons. The molecular weight excluding hydrogens is 368 g/mol. The van der Waals surface area contributed by atoms with Gasteiger partial charge in [-0.2, -0.15) is 0 Å². The molecule has 2 aromatic heterocycles. The fourth-order valence-corrected chi connectivity index (χ4v) is 4.54. The van der Waals surface area contributed by atoms with E-state index in [-0.39, 0.29) is 5.56 Å². The number of rotatable bonds is 3.